The Bertz CT molecular complexity index is 886. The fourth-order valence-electron chi connectivity index (χ4n) is 5.86. The van der Waals surface area contributed by atoms with Crippen LogP contribution in [0.3, 0.4) is 0 Å². The Morgan fingerprint density at radius 2 is 1.52 bits per heavy atom. The van der Waals surface area contributed by atoms with Gasteiger partial charge in [0, 0.05) is 24.0 Å². The van der Waals surface area contributed by atoms with Crippen molar-refractivity contribution in [2.75, 3.05) is 33.2 Å². The molecule has 1 aliphatic carbocycles. The Labute approximate surface area is 204 Å². The summed E-state index contributed by atoms with van der Waals surface area (Å²) in [6, 6.07) is 12.3. The quantitative estimate of drug-likeness (QED) is 0.596. The van der Waals surface area contributed by atoms with E-state index >= 15 is 0 Å². The van der Waals surface area contributed by atoms with Crippen LogP contribution in [-0.2, 0) is 0 Å². The Kier molecular flexibility index (Phi) is 8.61. The normalized spacial score (nSPS) is 20.5. The third kappa shape index (κ3) is 5.70. The van der Waals surface area contributed by atoms with E-state index in [1.807, 2.05) is 4.90 Å². The maximum Gasteiger partial charge on any atom is 0.264 e. The molecular weight excluding hydrogens is 426 g/mol. The predicted octanol–water partition coefficient (Wildman–Crippen LogP) is 6.05. The molecule has 2 aliphatic heterocycles. The zero-order valence-electron chi connectivity index (χ0n) is 20.5. The Balaban J connectivity index is 0.00000126. The third-order valence-electron chi connectivity index (χ3n) is 7.79. The maximum absolute atomic E-state index is 12.8. The first-order chi connectivity index (χ1) is 16.2. The molecule has 180 valence electrons. The summed E-state index contributed by atoms with van der Waals surface area (Å²) >= 11 is 1.67. The lowest BCUT2D eigenvalue weighted by Crippen LogP contribution is -2.41. The molecule has 2 aromatic rings. The first-order valence-corrected chi connectivity index (χ1v) is 13.8. The average Bonchev–Trinajstić information content (AvgIpc) is 3.56. The van der Waals surface area contributed by atoms with Crippen molar-refractivity contribution in [3.8, 4) is 10.4 Å². The van der Waals surface area contributed by atoms with Crippen LogP contribution in [-0.4, -0.2) is 55.0 Å². The van der Waals surface area contributed by atoms with Crippen LogP contribution in [0.25, 0.3) is 10.4 Å². The minimum atomic E-state index is 0.229. The van der Waals surface area contributed by atoms with Gasteiger partial charge >= 0.3 is 0 Å². The molecule has 0 atom stereocenters. The van der Waals surface area contributed by atoms with Crippen LogP contribution >= 0.6 is 11.3 Å². The molecule has 3 heterocycles. The van der Waals surface area contributed by atoms with E-state index in [1.165, 1.54) is 81.1 Å². The van der Waals surface area contributed by atoms with Crippen molar-refractivity contribution in [3.05, 3.63) is 46.3 Å². The van der Waals surface area contributed by atoms with Gasteiger partial charge in [0.25, 0.3) is 5.91 Å². The second-order valence-electron chi connectivity index (χ2n) is 9.85. The molecule has 1 amide bonds. The number of rotatable bonds is 4. The largest absolute Gasteiger partial charge is 0.338 e. The molecule has 5 heteroatoms. The molecule has 1 aromatic carbocycles. The molecular formula is C28H41N3OS. The van der Waals surface area contributed by atoms with Gasteiger partial charge in [0.2, 0.25) is 0 Å². The van der Waals surface area contributed by atoms with E-state index in [0.717, 1.165) is 42.4 Å². The molecule has 3 aliphatic rings. The van der Waals surface area contributed by atoms with Gasteiger partial charge in [-0.05, 0) is 94.3 Å². The van der Waals surface area contributed by atoms with Crippen molar-refractivity contribution >= 4 is 17.2 Å². The lowest BCUT2D eigenvalue weighted by molar-refractivity contribution is 0.0797. The first kappa shape index (κ1) is 24.4. The second-order valence-corrected chi connectivity index (χ2v) is 10.9. The van der Waals surface area contributed by atoms with E-state index < -0.39 is 0 Å². The van der Waals surface area contributed by atoms with Crippen molar-refractivity contribution in [2.24, 2.45) is 5.73 Å². The van der Waals surface area contributed by atoms with Crippen molar-refractivity contribution in [1.82, 2.24) is 9.80 Å². The molecule has 0 bridgehead atoms. The summed E-state index contributed by atoms with van der Waals surface area (Å²) in [6.07, 6.45) is 12.0. The number of piperidine rings is 1. The fourth-order valence-corrected chi connectivity index (χ4v) is 7.01. The topological polar surface area (TPSA) is 49.6 Å². The monoisotopic (exact) mass is 467 g/mol. The summed E-state index contributed by atoms with van der Waals surface area (Å²) in [7, 11) is 1.50. The predicted molar refractivity (Wildman–Crippen MR) is 140 cm³/mol. The van der Waals surface area contributed by atoms with Crippen LogP contribution < -0.4 is 5.73 Å². The highest BCUT2D eigenvalue weighted by Crippen LogP contribution is 2.36. The van der Waals surface area contributed by atoms with Gasteiger partial charge in [0.15, 0.2) is 0 Å². The van der Waals surface area contributed by atoms with E-state index in [4.69, 9.17) is 0 Å². The molecule has 2 saturated heterocycles. The number of amides is 1. The molecule has 0 unspecified atom stereocenters. The summed E-state index contributed by atoms with van der Waals surface area (Å²) in [5, 5.41) is 0. The summed E-state index contributed by atoms with van der Waals surface area (Å²) < 4.78 is 0. The molecule has 0 spiro atoms. The van der Waals surface area contributed by atoms with Crippen LogP contribution in [0.1, 0.15) is 84.5 Å². The van der Waals surface area contributed by atoms with Gasteiger partial charge in [-0.1, -0.05) is 43.5 Å². The minimum absolute atomic E-state index is 0.229. The van der Waals surface area contributed by atoms with E-state index in [1.54, 1.807) is 11.3 Å². The van der Waals surface area contributed by atoms with Crippen LogP contribution in [0.15, 0.2) is 30.3 Å². The number of nitrogens with two attached hydrogens (primary N) is 1. The smallest absolute Gasteiger partial charge is 0.264 e. The number of hydrogen-bond acceptors (Lipinski definition) is 4. The van der Waals surface area contributed by atoms with E-state index in [2.05, 4.69) is 47.9 Å². The number of aryl methyl sites for hydroxylation is 1. The van der Waals surface area contributed by atoms with E-state index in [9.17, 15) is 4.79 Å². The lowest BCUT2D eigenvalue weighted by atomic mass is 9.86. The van der Waals surface area contributed by atoms with E-state index in [0.29, 0.717) is 5.92 Å². The zero-order valence-corrected chi connectivity index (χ0v) is 21.3. The maximum atomic E-state index is 12.8. The van der Waals surface area contributed by atoms with Gasteiger partial charge < -0.3 is 15.5 Å². The van der Waals surface area contributed by atoms with Crippen LogP contribution in [0.2, 0.25) is 0 Å². The Morgan fingerprint density at radius 3 is 2.15 bits per heavy atom. The minimum Gasteiger partial charge on any atom is -0.338 e. The standard InChI is InChI=1S/C27H36N2OS.CH5N/c1-20-19-25(31-26(20)27(30)29-15-5-6-16-29)23-11-9-21(10-12-23)22-13-17-28(18-14-22)24-7-3-2-4-8-24;1-2/h9-12,19,22,24H,2-8,13-18H2,1H3;2H2,1H3. The molecule has 1 aromatic heterocycles. The van der Waals surface area contributed by atoms with Gasteiger partial charge in [0.1, 0.15) is 0 Å². The van der Waals surface area contributed by atoms with Crippen molar-refractivity contribution in [3.63, 3.8) is 0 Å². The summed E-state index contributed by atoms with van der Waals surface area (Å²) in [5.41, 5.74) is 8.36. The number of nitrogens with zero attached hydrogens (tertiary/aromatic N) is 2. The SMILES string of the molecule is CN.Cc1cc(-c2ccc(C3CCN(C4CCCCC4)CC3)cc2)sc1C(=O)N1CCCC1. The summed E-state index contributed by atoms with van der Waals surface area (Å²) in [5.74, 6) is 0.930. The number of benzene rings is 1. The Hall–Kier alpha value is -1.69. The Morgan fingerprint density at radius 1 is 0.879 bits per heavy atom. The molecule has 4 nitrogen and oxygen atoms in total. The third-order valence-corrected chi connectivity index (χ3v) is 9.07. The number of hydrogen-bond donors (Lipinski definition) is 1. The zero-order chi connectivity index (χ0) is 23.2. The van der Waals surface area contributed by atoms with E-state index in [-0.39, 0.29) is 5.91 Å². The second kappa shape index (κ2) is 11.6. The number of thiophene rings is 1. The molecule has 1 saturated carbocycles. The summed E-state index contributed by atoms with van der Waals surface area (Å²) in [6.45, 7) is 6.45. The van der Waals surface area contributed by atoms with Gasteiger partial charge in [-0.15, -0.1) is 11.3 Å². The average molecular weight is 468 g/mol. The van der Waals surface area contributed by atoms with Crippen LogP contribution in [0.5, 0.6) is 0 Å². The number of likely N-dealkylation sites (tertiary alicyclic amines) is 2. The first-order valence-electron chi connectivity index (χ1n) is 13.0. The van der Waals surface area contributed by atoms with Gasteiger partial charge in [0.05, 0.1) is 4.88 Å². The van der Waals surface area contributed by atoms with Gasteiger partial charge in [-0.25, -0.2) is 0 Å². The molecule has 33 heavy (non-hydrogen) atoms. The van der Waals surface area contributed by atoms with Crippen molar-refractivity contribution < 1.29 is 4.79 Å². The highest BCUT2D eigenvalue weighted by molar-refractivity contribution is 7.17. The molecule has 0 radical (unpaired) electrons. The number of carbonyl (C=O) groups excluding carboxylic acids is 1. The highest BCUT2D eigenvalue weighted by atomic mass is 32.1. The van der Waals surface area contributed by atoms with Crippen LogP contribution in [0, 0.1) is 6.92 Å². The van der Waals surface area contributed by atoms with Crippen molar-refractivity contribution in [2.45, 2.75) is 76.7 Å². The highest BCUT2D eigenvalue weighted by Gasteiger charge is 2.27. The summed E-state index contributed by atoms with van der Waals surface area (Å²) in [4.78, 5) is 19.8. The molecule has 2 N–H and O–H groups in total. The van der Waals surface area contributed by atoms with Gasteiger partial charge in [-0.3, -0.25) is 4.79 Å². The molecule has 5 rings (SSSR count). The fraction of sp³-hybridized carbons (Fsp3) is 0.607. The number of carbonyl (C=O) groups is 1. The molecule has 3 fully saturated rings. The van der Waals surface area contributed by atoms with Crippen LogP contribution in [0.4, 0.5) is 0 Å². The lowest BCUT2D eigenvalue weighted by Gasteiger charge is -2.39. The van der Waals surface area contributed by atoms with Crippen molar-refractivity contribution in [1.29, 1.82) is 0 Å². The van der Waals surface area contributed by atoms with Gasteiger partial charge in [-0.2, -0.15) is 0 Å².